The average Bonchev–Trinajstić information content (AvgIpc) is 2.32. The Balaban J connectivity index is 1.96. The van der Waals surface area contributed by atoms with E-state index >= 15 is 0 Å². The summed E-state index contributed by atoms with van der Waals surface area (Å²) in [6.07, 6.45) is 4.71. The molecule has 94 valence electrons. The Kier molecular flexibility index (Phi) is 4.06. The fourth-order valence-electron chi connectivity index (χ4n) is 2.49. The zero-order chi connectivity index (χ0) is 12.3. The smallest absolute Gasteiger partial charge is 0.0345 e. The van der Waals surface area contributed by atoms with Crippen LogP contribution in [0, 0.1) is 0 Å². The van der Waals surface area contributed by atoms with Crippen LogP contribution in [0.15, 0.2) is 24.3 Å². The normalized spacial score (nSPS) is 24.9. The summed E-state index contributed by atoms with van der Waals surface area (Å²) in [4.78, 5) is 0. The minimum absolute atomic E-state index is 0.426. The molecule has 2 heteroatoms. The van der Waals surface area contributed by atoms with Gasteiger partial charge in [-0.3, -0.25) is 0 Å². The molecule has 1 fully saturated rings. The number of nitrogens with one attached hydrogen (secondary N) is 1. The molecule has 0 unspecified atom stereocenters. The molecular weight excluding hydrogens is 208 g/mol. The first-order chi connectivity index (χ1) is 8.15. The van der Waals surface area contributed by atoms with Crippen LogP contribution in [-0.2, 0) is 0 Å². The Morgan fingerprint density at radius 3 is 2.53 bits per heavy atom. The summed E-state index contributed by atoms with van der Waals surface area (Å²) in [5.74, 6) is 0.594. The van der Waals surface area contributed by atoms with E-state index in [1.807, 2.05) is 0 Å². The van der Waals surface area contributed by atoms with E-state index in [2.05, 4.69) is 43.4 Å². The maximum absolute atomic E-state index is 5.93. The van der Waals surface area contributed by atoms with Gasteiger partial charge in [0.15, 0.2) is 0 Å². The number of anilines is 1. The summed E-state index contributed by atoms with van der Waals surface area (Å²) in [6.45, 7) is 4.47. The van der Waals surface area contributed by atoms with Gasteiger partial charge in [0.25, 0.3) is 0 Å². The van der Waals surface area contributed by atoms with Gasteiger partial charge in [-0.25, -0.2) is 0 Å². The second-order valence-electron chi connectivity index (χ2n) is 5.54. The second kappa shape index (κ2) is 5.54. The molecule has 17 heavy (non-hydrogen) atoms. The SMILES string of the molecule is CC(C)c1cccc(NC2CCC(N)CC2)c1. The summed E-state index contributed by atoms with van der Waals surface area (Å²) in [5.41, 5.74) is 8.59. The molecule has 0 spiro atoms. The van der Waals surface area contributed by atoms with Gasteiger partial charge in [0.2, 0.25) is 0 Å². The molecule has 0 heterocycles. The highest BCUT2D eigenvalue weighted by molar-refractivity contribution is 5.47. The first-order valence-corrected chi connectivity index (χ1v) is 6.77. The van der Waals surface area contributed by atoms with Crippen molar-refractivity contribution < 1.29 is 0 Å². The third kappa shape index (κ3) is 3.47. The Morgan fingerprint density at radius 1 is 1.18 bits per heavy atom. The van der Waals surface area contributed by atoms with E-state index in [9.17, 15) is 0 Å². The molecule has 3 N–H and O–H groups in total. The van der Waals surface area contributed by atoms with Crippen molar-refractivity contribution in [1.82, 2.24) is 0 Å². The average molecular weight is 232 g/mol. The van der Waals surface area contributed by atoms with Crippen molar-refractivity contribution in [3.63, 3.8) is 0 Å². The number of hydrogen-bond donors (Lipinski definition) is 2. The molecule has 2 nitrogen and oxygen atoms in total. The van der Waals surface area contributed by atoms with Crippen molar-refractivity contribution in [2.75, 3.05) is 5.32 Å². The lowest BCUT2D eigenvalue weighted by molar-refractivity contribution is 0.411. The third-order valence-corrected chi connectivity index (χ3v) is 3.70. The zero-order valence-electron chi connectivity index (χ0n) is 10.9. The summed E-state index contributed by atoms with van der Waals surface area (Å²) >= 11 is 0. The van der Waals surface area contributed by atoms with Crippen LogP contribution in [0.1, 0.15) is 51.0 Å². The van der Waals surface area contributed by atoms with Gasteiger partial charge >= 0.3 is 0 Å². The molecule has 1 aliphatic rings. The molecule has 0 amide bonds. The van der Waals surface area contributed by atoms with Gasteiger partial charge in [0, 0.05) is 17.8 Å². The molecule has 0 bridgehead atoms. The standard InChI is InChI=1S/C15H24N2/c1-11(2)12-4-3-5-15(10-12)17-14-8-6-13(16)7-9-14/h3-5,10-11,13-14,17H,6-9,16H2,1-2H3. The van der Waals surface area contributed by atoms with E-state index in [0.717, 1.165) is 12.8 Å². The molecular formula is C15H24N2. The van der Waals surface area contributed by atoms with Crippen LogP contribution in [0.4, 0.5) is 5.69 Å². The fourth-order valence-corrected chi connectivity index (χ4v) is 2.49. The predicted molar refractivity (Wildman–Crippen MR) is 74.4 cm³/mol. The number of hydrogen-bond acceptors (Lipinski definition) is 2. The van der Waals surface area contributed by atoms with Crippen LogP contribution >= 0.6 is 0 Å². The Hall–Kier alpha value is -1.02. The van der Waals surface area contributed by atoms with Crippen molar-refractivity contribution in [2.45, 2.75) is 57.5 Å². The lowest BCUT2D eigenvalue weighted by atomic mass is 9.91. The monoisotopic (exact) mass is 232 g/mol. The zero-order valence-corrected chi connectivity index (χ0v) is 10.9. The van der Waals surface area contributed by atoms with Crippen LogP contribution in [0.5, 0.6) is 0 Å². The summed E-state index contributed by atoms with van der Waals surface area (Å²) in [7, 11) is 0. The molecule has 0 aliphatic heterocycles. The molecule has 0 atom stereocenters. The minimum atomic E-state index is 0.426. The number of rotatable bonds is 3. The molecule has 1 saturated carbocycles. The quantitative estimate of drug-likeness (QED) is 0.837. The van der Waals surface area contributed by atoms with E-state index in [-0.39, 0.29) is 0 Å². The molecule has 1 aromatic rings. The van der Waals surface area contributed by atoms with Crippen LogP contribution in [-0.4, -0.2) is 12.1 Å². The molecule has 1 aliphatic carbocycles. The van der Waals surface area contributed by atoms with Gasteiger partial charge in [0.1, 0.15) is 0 Å². The molecule has 0 aromatic heterocycles. The van der Waals surface area contributed by atoms with Gasteiger partial charge in [-0.1, -0.05) is 26.0 Å². The Bertz CT molecular complexity index is 352. The van der Waals surface area contributed by atoms with E-state index in [4.69, 9.17) is 5.73 Å². The summed E-state index contributed by atoms with van der Waals surface area (Å²) in [5, 5.41) is 3.64. The van der Waals surface area contributed by atoms with E-state index < -0.39 is 0 Å². The molecule has 1 aromatic carbocycles. The van der Waals surface area contributed by atoms with Gasteiger partial charge < -0.3 is 11.1 Å². The second-order valence-corrected chi connectivity index (χ2v) is 5.54. The van der Waals surface area contributed by atoms with Crippen LogP contribution in [0.2, 0.25) is 0 Å². The molecule has 0 radical (unpaired) electrons. The number of benzene rings is 1. The highest BCUT2D eigenvalue weighted by Gasteiger charge is 2.18. The minimum Gasteiger partial charge on any atom is -0.382 e. The first-order valence-electron chi connectivity index (χ1n) is 6.77. The highest BCUT2D eigenvalue weighted by atomic mass is 14.9. The maximum Gasteiger partial charge on any atom is 0.0345 e. The molecule has 0 saturated heterocycles. The van der Waals surface area contributed by atoms with Crippen molar-refractivity contribution in [1.29, 1.82) is 0 Å². The highest BCUT2D eigenvalue weighted by Crippen LogP contribution is 2.23. The predicted octanol–water partition coefficient (Wildman–Crippen LogP) is 3.49. The van der Waals surface area contributed by atoms with Gasteiger partial charge in [-0.05, 0) is 49.3 Å². The van der Waals surface area contributed by atoms with Gasteiger partial charge in [0.05, 0.1) is 0 Å². The van der Waals surface area contributed by atoms with E-state index in [1.54, 1.807) is 0 Å². The van der Waals surface area contributed by atoms with Crippen molar-refractivity contribution in [3.05, 3.63) is 29.8 Å². The molecule has 2 rings (SSSR count). The first kappa shape index (κ1) is 12.4. The third-order valence-electron chi connectivity index (χ3n) is 3.70. The van der Waals surface area contributed by atoms with Gasteiger partial charge in [-0.2, -0.15) is 0 Å². The Morgan fingerprint density at radius 2 is 1.88 bits per heavy atom. The van der Waals surface area contributed by atoms with E-state index in [0.29, 0.717) is 18.0 Å². The summed E-state index contributed by atoms with van der Waals surface area (Å²) < 4.78 is 0. The topological polar surface area (TPSA) is 38.0 Å². The number of nitrogens with two attached hydrogens (primary N) is 1. The van der Waals surface area contributed by atoms with Crippen LogP contribution in [0.25, 0.3) is 0 Å². The maximum atomic E-state index is 5.93. The van der Waals surface area contributed by atoms with Crippen LogP contribution in [0.3, 0.4) is 0 Å². The van der Waals surface area contributed by atoms with Crippen molar-refractivity contribution in [3.8, 4) is 0 Å². The summed E-state index contributed by atoms with van der Waals surface area (Å²) in [6, 6.07) is 9.82. The largest absolute Gasteiger partial charge is 0.382 e. The fraction of sp³-hybridized carbons (Fsp3) is 0.600. The van der Waals surface area contributed by atoms with Gasteiger partial charge in [-0.15, -0.1) is 0 Å². The van der Waals surface area contributed by atoms with Crippen LogP contribution < -0.4 is 11.1 Å². The van der Waals surface area contributed by atoms with Crippen molar-refractivity contribution in [2.24, 2.45) is 5.73 Å². The Labute approximate surface area is 105 Å². The van der Waals surface area contributed by atoms with Crippen molar-refractivity contribution >= 4 is 5.69 Å². The van der Waals surface area contributed by atoms with E-state index in [1.165, 1.54) is 24.1 Å². The lowest BCUT2D eigenvalue weighted by Crippen LogP contribution is -2.32. The lowest BCUT2D eigenvalue weighted by Gasteiger charge is -2.27.